The van der Waals surface area contributed by atoms with Crippen molar-refractivity contribution in [2.24, 2.45) is 0 Å². The molecule has 2 N–H and O–H groups in total. The van der Waals surface area contributed by atoms with E-state index < -0.39 is 0 Å². The number of amides is 1. The summed E-state index contributed by atoms with van der Waals surface area (Å²) in [4.78, 5) is 17.4. The Morgan fingerprint density at radius 3 is 2.66 bits per heavy atom. The van der Waals surface area contributed by atoms with E-state index in [0.29, 0.717) is 18.1 Å². The van der Waals surface area contributed by atoms with Crippen LogP contribution in [-0.2, 0) is 24.3 Å². The van der Waals surface area contributed by atoms with E-state index in [1.807, 2.05) is 36.2 Å². The number of ether oxygens (including phenoxy) is 1. The molecule has 0 atom stereocenters. The molecule has 29 heavy (non-hydrogen) atoms. The van der Waals surface area contributed by atoms with Crippen molar-refractivity contribution in [1.29, 1.82) is 0 Å². The third kappa shape index (κ3) is 5.30. The molecule has 154 valence electrons. The summed E-state index contributed by atoms with van der Waals surface area (Å²) in [7, 11) is 1.88. The lowest BCUT2D eigenvalue weighted by molar-refractivity contribution is -1.02. The van der Waals surface area contributed by atoms with Gasteiger partial charge in [-0.25, -0.2) is 0 Å². The molecular formula is C23H30ClN3O2+2. The SMILES string of the molecule is CN(Cc1cccc(Cl)c1)C(=O)C[NH+]1CC[NH+](Cc2ccc3c(c2)CCO3)CC1. The molecule has 2 aromatic rings. The lowest BCUT2D eigenvalue weighted by Crippen LogP contribution is -3.28. The molecule has 0 aliphatic carbocycles. The van der Waals surface area contributed by atoms with Gasteiger partial charge < -0.3 is 19.4 Å². The number of piperazine rings is 1. The fourth-order valence-electron chi connectivity index (χ4n) is 4.30. The van der Waals surface area contributed by atoms with Gasteiger partial charge in [0, 0.05) is 30.6 Å². The van der Waals surface area contributed by atoms with Crippen LogP contribution < -0.4 is 14.5 Å². The minimum Gasteiger partial charge on any atom is -0.493 e. The van der Waals surface area contributed by atoms with Crippen LogP contribution in [0.15, 0.2) is 42.5 Å². The average Bonchev–Trinajstić information content (AvgIpc) is 3.17. The van der Waals surface area contributed by atoms with Crippen LogP contribution >= 0.6 is 11.6 Å². The van der Waals surface area contributed by atoms with Gasteiger partial charge in [0.25, 0.3) is 5.91 Å². The molecule has 0 spiro atoms. The molecule has 2 heterocycles. The van der Waals surface area contributed by atoms with E-state index >= 15 is 0 Å². The minimum absolute atomic E-state index is 0.196. The normalized spacial score (nSPS) is 20.8. The van der Waals surface area contributed by atoms with Gasteiger partial charge in [0.05, 0.1) is 6.61 Å². The number of benzene rings is 2. The summed E-state index contributed by atoms with van der Waals surface area (Å²) in [6.45, 7) is 7.34. The zero-order chi connectivity index (χ0) is 20.2. The molecule has 0 unspecified atom stereocenters. The highest BCUT2D eigenvalue weighted by Crippen LogP contribution is 2.25. The van der Waals surface area contributed by atoms with Gasteiger partial charge in [-0.1, -0.05) is 23.7 Å². The summed E-state index contributed by atoms with van der Waals surface area (Å²) in [5.74, 6) is 1.25. The van der Waals surface area contributed by atoms with E-state index in [1.165, 1.54) is 16.0 Å². The van der Waals surface area contributed by atoms with Crippen molar-refractivity contribution in [3.8, 4) is 5.75 Å². The molecular weight excluding hydrogens is 386 g/mol. The smallest absolute Gasteiger partial charge is 0.277 e. The van der Waals surface area contributed by atoms with Gasteiger partial charge in [0.1, 0.15) is 38.5 Å². The third-order valence-corrected chi connectivity index (χ3v) is 6.24. The Balaban J connectivity index is 1.22. The van der Waals surface area contributed by atoms with E-state index in [9.17, 15) is 4.79 Å². The predicted octanol–water partition coefficient (Wildman–Crippen LogP) is 0.217. The number of rotatable bonds is 6. The Morgan fingerprint density at radius 1 is 1.07 bits per heavy atom. The average molecular weight is 416 g/mol. The van der Waals surface area contributed by atoms with E-state index in [0.717, 1.165) is 57.1 Å². The number of nitrogens with zero attached hydrogens (tertiary/aromatic N) is 1. The van der Waals surface area contributed by atoms with Crippen LogP contribution in [0.1, 0.15) is 16.7 Å². The fraction of sp³-hybridized carbons (Fsp3) is 0.435. The maximum Gasteiger partial charge on any atom is 0.277 e. The summed E-state index contributed by atoms with van der Waals surface area (Å²) in [6, 6.07) is 14.3. The lowest BCUT2D eigenvalue weighted by Gasteiger charge is -2.30. The van der Waals surface area contributed by atoms with Gasteiger partial charge in [0.15, 0.2) is 6.54 Å². The molecule has 4 rings (SSSR count). The Bertz CT molecular complexity index is 865. The Hall–Kier alpha value is -2.08. The second kappa shape index (κ2) is 9.16. The molecule has 0 bridgehead atoms. The Labute approximate surface area is 177 Å². The summed E-state index contributed by atoms with van der Waals surface area (Å²) in [5, 5.41) is 0.712. The van der Waals surface area contributed by atoms with Gasteiger partial charge >= 0.3 is 0 Å². The first-order valence-corrected chi connectivity index (χ1v) is 10.8. The largest absolute Gasteiger partial charge is 0.493 e. The molecule has 2 aliphatic heterocycles. The van der Waals surface area contributed by atoms with Crippen LogP contribution in [0.25, 0.3) is 0 Å². The van der Waals surface area contributed by atoms with Crippen LogP contribution in [0.2, 0.25) is 5.02 Å². The first kappa shape index (κ1) is 20.2. The Kier molecular flexibility index (Phi) is 6.38. The number of quaternary nitrogens is 2. The highest BCUT2D eigenvalue weighted by Gasteiger charge is 2.26. The van der Waals surface area contributed by atoms with E-state index in [4.69, 9.17) is 16.3 Å². The third-order valence-electron chi connectivity index (χ3n) is 6.01. The van der Waals surface area contributed by atoms with E-state index in [1.54, 1.807) is 4.90 Å². The predicted molar refractivity (Wildman–Crippen MR) is 114 cm³/mol. The number of likely N-dealkylation sites (N-methyl/N-ethyl adjacent to an activating group) is 1. The quantitative estimate of drug-likeness (QED) is 0.708. The van der Waals surface area contributed by atoms with Crippen molar-refractivity contribution >= 4 is 17.5 Å². The highest BCUT2D eigenvalue weighted by molar-refractivity contribution is 6.30. The van der Waals surface area contributed by atoms with Crippen molar-refractivity contribution < 1.29 is 19.3 Å². The van der Waals surface area contributed by atoms with E-state index in [2.05, 4.69) is 18.2 Å². The van der Waals surface area contributed by atoms with Gasteiger partial charge in [-0.05, 0) is 41.5 Å². The van der Waals surface area contributed by atoms with Crippen molar-refractivity contribution in [3.05, 3.63) is 64.2 Å². The second-order valence-electron chi connectivity index (χ2n) is 8.27. The lowest BCUT2D eigenvalue weighted by atomic mass is 10.1. The molecule has 0 saturated carbocycles. The maximum atomic E-state index is 12.6. The number of carbonyl (C=O) groups excluding carboxylic acids is 1. The van der Waals surface area contributed by atoms with Gasteiger partial charge in [0.2, 0.25) is 0 Å². The van der Waals surface area contributed by atoms with Crippen LogP contribution in [-0.4, -0.2) is 57.2 Å². The van der Waals surface area contributed by atoms with Gasteiger partial charge in [-0.15, -0.1) is 0 Å². The molecule has 1 fully saturated rings. The molecule has 0 radical (unpaired) electrons. The summed E-state index contributed by atoms with van der Waals surface area (Å²) in [5.41, 5.74) is 3.81. The molecule has 6 heteroatoms. The van der Waals surface area contributed by atoms with Crippen molar-refractivity contribution in [3.63, 3.8) is 0 Å². The van der Waals surface area contributed by atoms with Gasteiger partial charge in [-0.3, -0.25) is 4.79 Å². The number of halogens is 1. The first-order chi connectivity index (χ1) is 14.1. The molecule has 1 amide bonds. The molecule has 2 aliphatic rings. The first-order valence-electron chi connectivity index (χ1n) is 10.5. The highest BCUT2D eigenvalue weighted by atomic mass is 35.5. The van der Waals surface area contributed by atoms with Crippen LogP contribution in [0, 0.1) is 0 Å². The summed E-state index contributed by atoms with van der Waals surface area (Å²) < 4.78 is 5.60. The monoisotopic (exact) mass is 415 g/mol. The minimum atomic E-state index is 0.196. The maximum absolute atomic E-state index is 12.6. The Morgan fingerprint density at radius 2 is 1.86 bits per heavy atom. The number of nitrogens with one attached hydrogen (secondary N) is 2. The molecule has 5 nitrogen and oxygen atoms in total. The molecule has 1 saturated heterocycles. The second-order valence-corrected chi connectivity index (χ2v) is 8.71. The number of carbonyl (C=O) groups is 1. The van der Waals surface area contributed by atoms with Crippen LogP contribution in [0.5, 0.6) is 5.75 Å². The fourth-order valence-corrected chi connectivity index (χ4v) is 4.51. The number of hydrogen-bond donors (Lipinski definition) is 2. The van der Waals surface area contributed by atoms with Crippen LogP contribution in [0.3, 0.4) is 0 Å². The zero-order valence-electron chi connectivity index (χ0n) is 17.0. The standard InChI is InChI=1S/C23H28ClN3O2/c1-25(15-18-3-2-4-21(24)14-18)23(28)17-27-10-8-26(9-11-27)16-19-5-6-22-20(13-19)7-12-29-22/h2-6,13-14H,7-12,15-17H2,1H3/p+2. The number of fused-ring (bicyclic) bond motifs is 1. The van der Waals surface area contributed by atoms with Crippen molar-refractivity contribution in [1.82, 2.24) is 4.90 Å². The summed E-state index contributed by atoms with van der Waals surface area (Å²) >= 11 is 6.05. The van der Waals surface area contributed by atoms with Crippen molar-refractivity contribution in [2.45, 2.75) is 19.5 Å². The topological polar surface area (TPSA) is 38.4 Å². The van der Waals surface area contributed by atoms with Crippen molar-refractivity contribution in [2.75, 3.05) is 46.4 Å². The van der Waals surface area contributed by atoms with Crippen LogP contribution in [0.4, 0.5) is 0 Å². The number of hydrogen-bond acceptors (Lipinski definition) is 2. The van der Waals surface area contributed by atoms with E-state index in [-0.39, 0.29) is 5.91 Å². The summed E-state index contributed by atoms with van der Waals surface area (Å²) in [6.07, 6.45) is 1.03. The molecule has 0 aromatic heterocycles. The zero-order valence-corrected chi connectivity index (χ0v) is 17.8. The van der Waals surface area contributed by atoms with Gasteiger partial charge in [-0.2, -0.15) is 0 Å². The molecule has 2 aromatic carbocycles.